The Kier molecular flexibility index (Phi) is 4.74. The molecule has 134 valence electrons. The van der Waals surface area contributed by atoms with E-state index in [-0.39, 0.29) is 0 Å². The van der Waals surface area contributed by atoms with Crippen molar-refractivity contribution < 1.29 is 4.74 Å². The first-order valence-corrected chi connectivity index (χ1v) is 8.56. The average Bonchev–Trinajstić information content (AvgIpc) is 2.70. The maximum absolute atomic E-state index is 5.88. The molecule has 0 aliphatic rings. The summed E-state index contributed by atoms with van der Waals surface area (Å²) in [5.41, 5.74) is 8.62. The van der Waals surface area contributed by atoms with Gasteiger partial charge in [0, 0.05) is 30.0 Å². The zero-order chi connectivity index (χ0) is 18.5. The lowest BCUT2D eigenvalue weighted by atomic mass is 10.1. The molecule has 7 heteroatoms. The van der Waals surface area contributed by atoms with Gasteiger partial charge in [-0.2, -0.15) is 0 Å². The summed E-state index contributed by atoms with van der Waals surface area (Å²) in [7, 11) is 0. The van der Waals surface area contributed by atoms with Gasteiger partial charge in [-0.15, -0.1) is 0 Å². The minimum absolute atomic E-state index is 0.335. The summed E-state index contributed by atoms with van der Waals surface area (Å²) in [6.45, 7) is 0.739. The van der Waals surface area contributed by atoms with Crippen LogP contribution in [0.3, 0.4) is 0 Å². The van der Waals surface area contributed by atoms with Gasteiger partial charge in [0.2, 0.25) is 0 Å². The van der Waals surface area contributed by atoms with Crippen LogP contribution < -0.4 is 15.8 Å². The molecule has 0 bridgehead atoms. The first-order valence-electron chi connectivity index (χ1n) is 8.56. The number of hydrogen-bond donors (Lipinski definition) is 2. The second-order valence-electron chi connectivity index (χ2n) is 5.95. The molecule has 0 atom stereocenters. The van der Waals surface area contributed by atoms with Crippen molar-refractivity contribution in [3.8, 4) is 11.8 Å². The van der Waals surface area contributed by atoms with Crippen LogP contribution in [0.2, 0.25) is 0 Å². The Morgan fingerprint density at radius 3 is 2.56 bits per heavy atom. The van der Waals surface area contributed by atoms with Gasteiger partial charge >= 0.3 is 6.01 Å². The van der Waals surface area contributed by atoms with E-state index in [0.29, 0.717) is 17.4 Å². The average molecular weight is 358 g/mol. The van der Waals surface area contributed by atoms with Gasteiger partial charge in [0.05, 0.1) is 5.52 Å². The lowest BCUT2D eigenvalue weighted by Crippen LogP contribution is -2.07. The number of fused-ring (bicyclic) bond motifs is 1. The molecule has 7 nitrogen and oxygen atoms in total. The van der Waals surface area contributed by atoms with Crippen molar-refractivity contribution >= 4 is 22.4 Å². The molecule has 0 amide bonds. The second-order valence-corrected chi connectivity index (χ2v) is 5.95. The summed E-state index contributed by atoms with van der Waals surface area (Å²) in [5, 5.41) is 4.28. The quantitative estimate of drug-likeness (QED) is 0.509. The zero-order valence-corrected chi connectivity index (χ0v) is 14.5. The highest BCUT2D eigenvalue weighted by Gasteiger charge is 2.04. The van der Waals surface area contributed by atoms with Gasteiger partial charge < -0.3 is 15.8 Å². The second kappa shape index (κ2) is 7.65. The molecule has 0 saturated carbocycles. The molecule has 0 fully saturated rings. The number of hydrogen-bond acceptors (Lipinski definition) is 7. The van der Waals surface area contributed by atoms with Crippen molar-refractivity contribution in [2.24, 2.45) is 0 Å². The smallest absolute Gasteiger partial charge is 0.321 e. The number of rotatable bonds is 6. The SMILES string of the molecule is Nc1ccc2ncnc(NCCc3ccc(Oc4ncccn4)cc3)c2c1. The standard InChI is InChI=1S/C20H18N6O/c21-15-4-7-18-17(12-15)19(26-13-25-18)22-11-8-14-2-5-16(6-3-14)27-20-23-9-1-10-24-20/h1-7,9-10,12-13H,8,11,21H2,(H,22,25,26). The van der Waals surface area contributed by atoms with E-state index >= 15 is 0 Å². The highest BCUT2D eigenvalue weighted by Crippen LogP contribution is 2.22. The van der Waals surface area contributed by atoms with Crippen LogP contribution in [0.1, 0.15) is 5.56 Å². The molecule has 4 aromatic rings. The fourth-order valence-corrected chi connectivity index (χ4v) is 2.71. The van der Waals surface area contributed by atoms with E-state index < -0.39 is 0 Å². The van der Waals surface area contributed by atoms with E-state index in [4.69, 9.17) is 10.5 Å². The number of aromatic nitrogens is 4. The van der Waals surface area contributed by atoms with Crippen LogP contribution in [0.15, 0.2) is 67.3 Å². The van der Waals surface area contributed by atoms with Gasteiger partial charge in [-0.05, 0) is 48.4 Å². The number of nitrogens with zero attached hydrogens (tertiary/aromatic N) is 4. The number of ether oxygens (including phenoxy) is 1. The molecule has 0 saturated heterocycles. The normalized spacial score (nSPS) is 10.7. The lowest BCUT2D eigenvalue weighted by Gasteiger charge is -2.09. The Labute approximate surface area is 156 Å². The molecule has 0 aliphatic heterocycles. The number of nitrogen functional groups attached to an aromatic ring is 1. The van der Waals surface area contributed by atoms with Crippen molar-refractivity contribution in [1.82, 2.24) is 19.9 Å². The maximum atomic E-state index is 5.88. The van der Waals surface area contributed by atoms with Crippen LogP contribution in [0, 0.1) is 0 Å². The van der Waals surface area contributed by atoms with Crippen LogP contribution in [0.25, 0.3) is 10.9 Å². The largest absolute Gasteiger partial charge is 0.424 e. The monoisotopic (exact) mass is 358 g/mol. The van der Waals surface area contributed by atoms with E-state index in [1.54, 1.807) is 24.8 Å². The third-order valence-electron chi connectivity index (χ3n) is 4.04. The van der Waals surface area contributed by atoms with Gasteiger partial charge in [-0.3, -0.25) is 0 Å². The van der Waals surface area contributed by atoms with E-state index in [0.717, 1.165) is 29.7 Å². The number of nitrogens with one attached hydrogen (secondary N) is 1. The molecular formula is C20H18N6O. The van der Waals surface area contributed by atoms with Crippen LogP contribution in [0.5, 0.6) is 11.8 Å². The zero-order valence-electron chi connectivity index (χ0n) is 14.5. The van der Waals surface area contributed by atoms with E-state index in [2.05, 4.69) is 25.3 Å². The first-order chi connectivity index (χ1) is 13.3. The Balaban J connectivity index is 1.37. The summed E-state index contributed by atoms with van der Waals surface area (Å²) in [5.74, 6) is 1.49. The molecule has 0 radical (unpaired) electrons. The molecule has 2 aromatic carbocycles. The van der Waals surface area contributed by atoms with E-state index in [1.165, 1.54) is 5.56 Å². The van der Waals surface area contributed by atoms with Crippen molar-refractivity contribution in [3.63, 3.8) is 0 Å². The molecule has 2 aromatic heterocycles. The van der Waals surface area contributed by atoms with Crippen molar-refractivity contribution in [2.45, 2.75) is 6.42 Å². The van der Waals surface area contributed by atoms with Gasteiger partial charge in [0.1, 0.15) is 17.9 Å². The van der Waals surface area contributed by atoms with Gasteiger partial charge in [0.15, 0.2) is 0 Å². The predicted molar refractivity (Wildman–Crippen MR) is 105 cm³/mol. The molecule has 2 heterocycles. The third-order valence-corrected chi connectivity index (χ3v) is 4.04. The van der Waals surface area contributed by atoms with Crippen LogP contribution >= 0.6 is 0 Å². The summed E-state index contributed by atoms with van der Waals surface area (Å²) in [4.78, 5) is 16.7. The Bertz CT molecular complexity index is 1040. The highest BCUT2D eigenvalue weighted by atomic mass is 16.5. The number of benzene rings is 2. The fourth-order valence-electron chi connectivity index (χ4n) is 2.71. The van der Waals surface area contributed by atoms with Crippen molar-refractivity contribution in [2.75, 3.05) is 17.6 Å². The molecule has 0 aliphatic carbocycles. The Hall–Kier alpha value is -3.74. The molecule has 0 spiro atoms. The Morgan fingerprint density at radius 2 is 1.74 bits per heavy atom. The molecule has 27 heavy (non-hydrogen) atoms. The van der Waals surface area contributed by atoms with Crippen LogP contribution in [0.4, 0.5) is 11.5 Å². The Morgan fingerprint density at radius 1 is 0.926 bits per heavy atom. The maximum Gasteiger partial charge on any atom is 0.321 e. The summed E-state index contributed by atoms with van der Waals surface area (Å²) in [6.07, 6.45) is 5.69. The fraction of sp³-hybridized carbons (Fsp3) is 0.100. The molecule has 3 N–H and O–H groups in total. The minimum atomic E-state index is 0.335. The van der Waals surface area contributed by atoms with E-state index in [9.17, 15) is 0 Å². The minimum Gasteiger partial charge on any atom is -0.424 e. The van der Waals surface area contributed by atoms with Gasteiger partial charge in [-0.1, -0.05) is 12.1 Å². The van der Waals surface area contributed by atoms with Crippen LogP contribution in [-0.4, -0.2) is 26.5 Å². The summed E-state index contributed by atoms with van der Waals surface area (Å²) < 4.78 is 5.60. The summed E-state index contributed by atoms with van der Waals surface area (Å²) >= 11 is 0. The molecular weight excluding hydrogens is 340 g/mol. The topological polar surface area (TPSA) is 98.8 Å². The number of anilines is 2. The highest BCUT2D eigenvalue weighted by molar-refractivity contribution is 5.91. The number of nitrogens with two attached hydrogens (primary N) is 1. The first kappa shape index (κ1) is 16.7. The molecule has 0 unspecified atom stereocenters. The van der Waals surface area contributed by atoms with Crippen molar-refractivity contribution in [3.05, 3.63) is 72.8 Å². The van der Waals surface area contributed by atoms with Crippen molar-refractivity contribution in [1.29, 1.82) is 0 Å². The predicted octanol–water partition coefficient (Wildman–Crippen LogP) is 3.45. The third kappa shape index (κ3) is 4.09. The summed E-state index contributed by atoms with van der Waals surface area (Å²) in [6, 6.07) is 15.6. The van der Waals surface area contributed by atoms with Gasteiger partial charge in [-0.25, -0.2) is 19.9 Å². The lowest BCUT2D eigenvalue weighted by molar-refractivity contribution is 0.441. The van der Waals surface area contributed by atoms with Crippen LogP contribution in [-0.2, 0) is 6.42 Å². The van der Waals surface area contributed by atoms with E-state index in [1.807, 2.05) is 42.5 Å². The van der Waals surface area contributed by atoms with Gasteiger partial charge in [0.25, 0.3) is 0 Å². The molecule has 4 rings (SSSR count).